The van der Waals surface area contributed by atoms with Crippen molar-refractivity contribution in [3.05, 3.63) is 51.2 Å². The van der Waals surface area contributed by atoms with Crippen LogP contribution in [-0.2, 0) is 12.8 Å². The number of hydrogen-bond acceptors (Lipinski definition) is 3. The number of rotatable bonds is 2. The number of aryl methyl sites for hydroxylation is 1. The Balaban J connectivity index is 1.57. The van der Waals surface area contributed by atoms with Crippen molar-refractivity contribution in [3.63, 3.8) is 0 Å². The molecule has 0 aliphatic heterocycles. The molecule has 3 rings (SSSR count). The quantitative estimate of drug-likeness (QED) is 0.564. The molecular formula is C18H21N3OS2. The van der Waals surface area contributed by atoms with Crippen molar-refractivity contribution in [1.82, 2.24) is 10.9 Å². The zero-order valence-electron chi connectivity index (χ0n) is 13.8. The topological polar surface area (TPSA) is 53.2 Å². The molecule has 0 bridgehead atoms. The Bertz CT molecular complexity index is 769. The van der Waals surface area contributed by atoms with Crippen LogP contribution in [0.15, 0.2) is 29.6 Å². The van der Waals surface area contributed by atoms with Crippen LogP contribution in [0.4, 0.5) is 5.69 Å². The maximum absolute atomic E-state index is 12.4. The lowest BCUT2D eigenvalue weighted by atomic mass is 9.88. The van der Waals surface area contributed by atoms with Gasteiger partial charge in [-0.1, -0.05) is 19.1 Å². The van der Waals surface area contributed by atoms with Crippen LogP contribution in [-0.4, -0.2) is 11.0 Å². The number of thiophene rings is 1. The maximum Gasteiger partial charge on any atom is 0.270 e. The third-order valence-electron chi connectivity index (χ3n) is 4.21. The second-order valence-electron chi connectivity index (χ2n) is 6.30. The average molecular weight is 360 g/mol. The molecule has 1 amide bonds. The molecule has 1 aromatic heterocycles. The summed E-state index contributed by atoms with van der Waals surface area (Å²) in [6.07, 6.45) is 3.20. The molecule has 1 aliphatic rings. The number of anilines is 1. The van der Waals surface area contributed by atoms with Crippen LogP contribution < -0.4 is 16.2 Å². The van der Waals surface area contributed by atoms with Crippen LogP contribution in [0.5, 0.6) is 0 Å². The van der Waals surface area contributed by atoms with E-state index in [0.29, 0.717) is 11.0 Å². The van der Waals surface area contributed by atoms with E-state index in [-0.39, 0.29) is 5.91 Å². The van der Waals surface area contributed by atoms with Gasteiger partial charge in [-0.3, -0.25) is 15.6 Å². The molecular weight excluding hydrogens is 338 g/mol. The van der Waals surface area contributed by atoms with E-state index in [2.05, 4.69) is 23.1 Å². The van der Waals surface area contributed by atoms with E-state index in [9.17, 15) is 4.79 Å². The Morgan fingerprint density at radius 1 is 1.33 bits per heavy atom. The van der Waals surface area contributed by atoms with Gasteiger partial charge in [0.25, 0.3) is 5.91 Å². The molecule has 4 nitrogen and oxygen atoms in total. The highest BCUT2D eigenvalue weighted by Gasteiger charge is 2.23. The Kier molecular flexibility index (Phi) is 5.16. The number of carbonyl (C=O) groups excluding carboxylic acids is 1. The number of nitrogens with one attached hydrogen (secondary N) is 3. The summed E-state index contributed by atoms with van der Waals surface area (Å²) in [5.41, 5.74) is 9.49. The second kappa shape index (κ2) is 7.32. The summed E-state index contributed by atoms with van der Waals surface area (Å²) in [7, 11) is 0. The van der Waals surface area contributed by atoms with Gasteiger partial charge in [-0.2, -0.15) is 0 Å². The molecule has 3 N–H and O–H groups in total. The van der Waals surface area contributed by atoms with Crippen molar-refractivity contribution in [1.29, 1.82) is 0 Å². The Hall–Kier alpha value is -1.92. The van der Waals surface area contributed by atoms with Crippen molar-refractivity contribution in [2.45, 2.75) is 33.1 Å². The predicted molar refractivity (Wildman–Crippen MR) is 104 cm³/mol. The molecule has 6 heteroatoms. The van der Waals surface area contributed by atoms with Crippen molar-refractivity contribution in [3.8, 4) is 0 Å². The normalized spacial score (nSPS) is 16.2. The number of amides is 1. The highest BCUT2D eigenvalue weighted by atomic mass is 32.1. The minimum Gasteiger partial charge on any atom is -0.331 e. The molecule has 2 aromatic rings. The number of hydrogen-bond donors (Lipinski definition) is 3. The number of hydrazine groups is 1. The van der Waals surface area contributed by atoms with E-state index in [0.717, 1.165) is 36.1 Å². The van der Waals surface area contributed by atoms with Crippen molar-refractivity contribution in [2.24, 2.45) is 5.92 Å². The van der Waals surface area contributed by atoms with Gasteiger partial charge in [0.05, 0.1) is 5.56 Å². The molecule has 1 atom stereocenters. The number of carbonyl (C=O) groups is 1. The van der Waals surface area contributed by atoms with Gasteiger partial charge in [0.15, 0.2) is 5.11 Å². The van der Waals surface area contributed by atoms with Gasteiger partial charge in [0.2, 0.25) is 0 Å². The highest BCUT2D eigenvalue weighted by molar-refractivity contribution is 7.80. The SMILES string of the molecule is Cc1cccc(NC(=S)NNC(=O)c2csc3c2CC[C@@H](C)C3)c1. The smallest absolute Gasteiger partial charge is 0.270 e. The van der Waals surface area contributed by atoms with Crippen LogP contribution in [0.1, 0.15) is 39.7 Å². The van der Waals surface area contributed by atoms with Crippen LogP contribution in [0.25, 0.3) is 0 Å². The molecule has 0 saturated heterocycles. The monoisotopic (exact) mass is 359 g/mol. The van der Waals surface area contributed by atoms with Crippen LogP contribution >= 0.6 is 23.6 Å². The lowest BCUT2D eigenvalue weighted by Crippen LogP contribution is -2.44. The summed E-state index contributed by atoms with van der Waals surface area (Å²) in [5, 5.41) is 5.38. The average Bonchev–Trinajstić information content (AvgIpc) is 2.95. The molecule has 0 fully saturated rings. The van der Waals surface area contributed by atoms with Gasteiger partial charge >= 0.3 is 0 Å². The fourth-order valence-corrected chi connectivity index (χ4v) is 4.35. The van der Waals surface area contributed by atoms with E-state index in [4.69, 9.17) is 12.2 Å². The van der Waals surface area contributed by atoms with Gasteiger partial charge in [-0.15, -0.1) is 11.3 Å². The fraction of sp³-hybridized carbons (Fsp3) is 0.333. The Morgan fingerprint density at radius 3 is 2.96 bits per heavy atom. The summed E-state index contributed by atoms with van der Waals surface area (Å²) < 4.78 is 0. The predicted octanol–water partition coefficient (Wildman–Crippen LogP) is 3.81. The molecule has 0 unspecified atom stereocenters. The minimum absolute atomic E-state index is 0.129. The highest BCUT2D eigenvalue weighted by Crippen LogP contribution is 2.32. The van der Waals surface area contributed by atoms with E-state index >= 15 is 0 Å². The minimum atomic E-state index is -0.129. The molecule has 1 aromatic carbocycles. The lowest BCUT2D eigenvalue weighted by molar-refractivity contribution is 0.0943. The molecule has 24 heavy (non-hydrogen) atoms. The van der Waals surface area contributed by atoms with Crippen molar-refractivity contribution in [2.75, 3.05) is 5.32 Å². The molecule has 0 saturated carbocycles. The van der Waals surface area contributed by atoms with E-state index < -0.39 is 0 Å². The number of benzene rings is 1. The fourth-order valence-electron chi connectivity index (χ4n) is 2.93. The van der Waals surface area contributed by atoms with E-state index in [1.165, 1.54) is 10.4 Å². The number of fused-ring (bicyclic) bond motifs is 1. The summed E-state index contributed by atoms with van der Waals surface area (Å²) in [4.78, 5) is 13.8. The summed E-state index contributed by atoms with van der Waals surface area (Å²) >= 11 is 6.91. The van der Waals surface area contributed by atoms with Gasteiger partial charge in [-0.25, -0.2) is 0 Å². The summed E-state index contributed by atoms with van der Waals surface area (Å²) in [6, 6.07) is 7.90. The number of thiocarbonyl (C=S) groups is 1. The van der Waals surface area contributed by atoms with Crippen molar-refractivity contribution < 1.29 is 4.79 Å². The first-order chi connectivity index (χ1) is 11.5. The molecule has 126 valence electrons. The molecule has 1 aliphatic carbocycles. The van der Waals surface area contributed by atoms with Crippen LogP contribution in [0.3, 0.4) is 0 Å². The van der Waals surface area contributed by atoms with E-state index in [1.54, 1.807) is 11.3 Å². The maximum atomic E-state index is 12.4. The van der Waals surface area contributed by atoms with Crippen LogP contribution in [0, 0.1) is 12.8 Å². The third-order valence-corrected chi connectivity index (χ3v) is 5.47. The Labute approximate surface area is 151 Å². The van der Waals surface area contributed by atoms with E-state index in [1.807, 2.05) is 36.6 Å². The zero-order valence-corrected chi connectivity index (χ0v) is 15.4. The third kappa shape index (κ3) is 3.94. The lowest BCUT2D eigenvalue weighted by Gasteiger charge is -2.19. The zero-order chi connectivity index (χ0) is 17.1. The first kappa shape index (κ1) is 16.9. The summed E-state index contributed by atoms with van der Waals surface area (Å²) in [5.74, 6) is 0.576. The first-order valence-corrected chi connectivity index (χ1v) is 9.35. The molecule has 0 radical (unpaired) electrons. The standard InChI is InChI=1S/C18H21N3OS2/c1-11-4-3-5-13(8-11)19-18(23)21-20-17(22)15-10-24-16-9-12(2)6-7-14(15)16/h3-5,8,10,12H,6-7,9H2,1-2H3,(H,20,22)(H2,19,21,23)/t12-/m1/s1. The largest absolute Gasteiger partial charge is 0.331 e. The second-order valence-corrected chi connectivity index (χ2v) is 7.67. The first-order valence-electron chi connectivity index (χ1n) is 8.06. The molecule has 1 heterocycles. The van der Waals surface area contributed by atoms with Gasteiger partial charge in [0, 0.05) is 15.9 Å². The Morgan fingerprint density at radius 2 is 2.17 bits per heavy atom. The van der Waals surface area contributed by atoms with Crippen LogP contribution in [0.2, 0.25) is 0 Å². The van der Waals surface area contributed by atoms with Gasteiger partial charge < -0.3 is 5.32 Å². The van der Waals surface area contributed by atoms with Gasteiger partial charge in [0.1, 0.15) is 0 Å². The van der Waals surface area contributed by atoms with Gasteiger partial charge in [-0.05, 0) is 67.6 Å². The van der Waals surface area contributed by atoms with Crippen molar-refractivity contribution >= 4 is 40.3 Å². The molecule has 0 spiro atoms. The summed E-state index contributed by atoms with van der Waals surface area (Å²) in [6.45, 7) is 4.28.